The van der Waals surface area contributed by atoms with Crippen molar-refractivity contribution >= 4 is 28.9 Å². The molecule has 0 saturated carbocycles. The number of hydrogen-bond donors (Lipinski definition) is 2. The van der Waals surface area contributed by atoms with E-state index in [-0.39, 0.29) is 17.6 Å². The third-order valence-corrected chi connectivity index (χ3v) is 2.82. The molecule has 2 aromatic rings. The van der Waals surface area contributed by atoms with Gasteiger partial charge in [0, 0.05) is 5.69 Å². The molecule has 0 atom stereocenters. The molecule has 0 aliphatic rings. The Balaban J connectivity index is 1.81. The minimum atomic E-state index is -0.363. The van der Waals surface area contributed by atoms with Gasteiger partial charge in [0.25, 0.3) is 5.91 Å². The molecule has 0 aliphatic heterocycles. The maximum absolute atomic E-state index is 11.7. The zero-order valence-corrected chi connectivity index (χ0v) is 12.4. The summed E-state index contributed by atoms with van der Waals surface area (Å²) >= 11 is 5.04. The molecular formula is C16H13N3O2S. The van der Waals surface area contributed by atoms with Gasteiger partial charge in [-0.25, -0.2) is 0 Å². The molecule has 22 heavy (non-hydrogen) atoms. The number of ether oxygens (including phenoxy) is 1. The van der Waals surface area contributed by atoms with Gasteiger partial charge < -0.3 is 10.1 Å². The number of carbonyl (C=O) groups excluding carboxylic acids is 1. The summed E-state index contributed by atoms with van der Waals surface area (Å²) in [6.07, 6.45) is 0. The van der Waals surface area contributed by atoms with E-state index in [1.54, 1.807) is 36.4 Å². The number of nitriles is 1. The molecule has 0 spiro atoms. The maximum atomic E-state index is 11.7. The summed E-state index contributed by atoms with van der Waals surface area (Å²) in [5, 5.41) is 14.3. The first-order valence-corrected chi connectivity index (χ1v) is 6.87. The van der Waals surface area contributed by atoms with Crippen molar-refractivity contribution in [2.45, 2.75) is 0 Å². The molecule has 0 aromatic heterocycles. The molecule has 0 saturated heterocycles. The third kappa shape index (κ3) is 4.89. The Labute approximate surface area is 133 Å². The number of thiocarbonyl (C=S) groups is 1. The van der Waals surface area contributed by atoms with Gasteiger partial charge in [0.1, 0.15) is 5.75 Å². The minimum absolute atomic E-state index is 0.135. The summed E-state index contributed by atoms with van der Waals surface area (Å²) in [5.41, 5.74) is 1.14. The maximum Gasteiger partial charge on any atom is 0.264 e. The van der Waals surface area contributed by atoms with Crippen LogP contribution < -0.4 is 15.4 Å². The van der Waals surface area contributed by atoms with Crippen molar-refractivity contribution in [2.75, 3.05) is 11.9 Å². The Kier molecular flexibility index (Phi) is 5.46. The van der Waals surface area contributed by atoms with E-state index in [1.807, 2.05) is 24.3 Å². The zero-order chi connectivity index (χ0) is 15.8. The number of para-hydroxylation sites is 1. The molecule has 0 aliphatic carbocycles. The summed E-state index contributed by atoms with van der Waals surface area (Å²) in [6.45, 7) is -0.135. The summed E-state index contributed by atoms with van der Waals surface area (Å²) in [4.78, 5) is 11.7. The van der Waals surface area contributed by atoms with Crippen LogP contribution in [0.5, 0.6) is 5.75 Å². The van der Waals surface area contributed by atoms with E-state index >= 15 is 0 Å². The highest BCUT2D eigenvalue weighted by Crippen LogP contribution is 2.10. The topological polar surface area (TPSA) is 74.2 Å². The molecular weight excluding hydrogens is 298 g/mol. The lowest BCUT2D eigenvalue weighted by Gasteiger charge is -2.10. The van der Waals surface area contributed by atoms with Crippen molar-refractivity contribution in [3.05, 3.63) is 60.2 Å². The minimum Gasteiger partial charge on any atom is -0.484 e. The van der Waals surface area contributed by atoms with Crippen molar-refractivity contribution in [2.24, 2.45) is 0 Å². The van der Waals surface area contributed by atoms with Crippen LogP contribution in [0.4, 0.5) is 5.69 Å². The lowest BCUT2D eigenvalue weighted by molar-refractivity contribution is -0.121. The van der Waals surface area contributed by atoms with E-state index in [0.717, 1.165) is 0 Å². The lowest BCUT2D eigenvalue weighted by atomic mass is 10.2. The highest BCUT2D eigenvalue weighted by atomic mass is 32.1. The smallest absolute Gasteiger partial charge is 0.264 e. The molecule has 0 unspecified atom stereocenters. The first-order chi connectivity index (χ1) is 10.7. The van der Waals surface area contributed by atoms with Gasteiger partial charge in [0.05, 0.1) is 11.6 Å². The van der Waals surface area contributed by atoms with Crippen molar-refractivity contribution in [1.29, 1.82) is 5.26 Å². The van der Waals surface area contributed by atoms with Gasteiger partial charge in [-0.15, -0.1) is 0 Å². The average Bonchev–Trinajstić information content (AvgIpc) is 2.54. The van der Waals surface area contributed by atoms with E-state index in [0.29, 0.717) is 17.0 Å². The Hall–Kier alpha value is -2.91. The number of benzene rings is 2. The van der Waals surface area contributed by atoms with Crippen LogP contribution in [0.1, 0.15) is 5.56 Å². The Morgan fingerprint density at radius 1 is 1.18 bits per heavy atom. The van der Waals surface area contributed by atoms with Gasteiger partial charge in [-0.3, -0.25) is 10.1 Å². The molecule has 2 rings (SSSR count). The Morgan fingerprint density at radius 3 is 2.68 bits per heavy atom. The second-order valence-corrected chi connectivity index (χ2v) is 4.70. The molecule has 0 heterocycles. The van der Waals surface area contributed by atoms with Gasteiger partial charge in [0.15, 0.2) is 11.7 Å². The van der Waals surface area contributed by atoms with E-state index in [2.05, 4.69) is 10.6 Å². The Morgan fingerprint density at radius 2 is 1.95 bits per heavy atom. The van der Waals surface area contributed by atoms with Gasteiger partial charge >= 0.3 is 0 Å². The number of hydrogen-bond acceptors (Lipinski definition) is 4. The van der Waals surface area contributed by atoms with Crippen LogP contribution in [-0.4, -0.2) is 17.6 Å². The van der Waals surface area contributed by atoms with E-state index < -0.39 is 0 Å². The van der Waals surface area contributed by atoms with Crippen molar-refractivity contribution in [3.63, 3.8) is 0 Å². The monoisotopic (exact) mass is 311 g/mol. The zero-order valence-electron chi connectivity index (χ0n) is 11.6. The number of nitrogens with one attached hydrogen (secondary N) is 2. The van der Waals surface area contributed by atoms with Gasteiger partial charge in [-0.05, 0) is 42.5 Å². The second kappa shape index (κ2) is 7.76. The van der Waals surface area contributed by atoms with Crippen molar-refractivity contribution in [1.82, 2.24) is 5.32 Å². The summed E-state index contributed by atoms with van der Waals surface area (Å²) in [5.74, 6) is 0.246. The first kappa shape index (κ1) is 15.5. The van der Waals surface area contributed by atoms with E-state index in [4.69, 9.17) is 22.2 Å². The van der Waals surface area contributed by atoms with Crippen LogP contribution in [-0.2, 0) is 4.79 Å². The molecule has 0 bridgehead atoms. The quantitative estimate of drug-likeness (QED) is 0.848. The highest BCUT2D eigenvalue weighted by Gasteiger charge is 2.06. The largest absolute Gasteiger partial charge is 0.484 e. The molecule has 6 heteroatoms. The van der Waals surface area contributed by atoms with Crippen LogP contribution in [0.25, 0.3) is 0 Å². The van der Waals surface area contributed by atoms with Crippen LogP contribution in [0.2, 0.25) is 0 Å². The number of nitrogens with zero attached hydrogens (tertiary/aromatic N) is 1. The first-order valence-electron chi connectivity index (χ1n) is 6.46. The van der Waals surface area contributed by atoms with E-state index in [9.17, 15) is 4.79 Å². The molecule has 110 valence electrons. The summed E-state index contributed by atoms with van der Waals surface area (Å²) in [7, 11) is 0. The molecule has 2 aromatic carbocycles. The van der Waals surface area contributed by atoms with Crippen LogP contribution >= 0.6 is 12.2 Å². The molecule has 0 fully saturated rings. The SMILES string of the molecule is N#Cc1cccc(NC(=S)NC(=O)COc2ccccc2)c1. The fourth-order valence-corrected chi connectivity index (χ4v) is 1.89. The fourth-order valence-electron chi connectivity index (χ4n) is 1.66. The summed E-state index contributed by atoms with van der Waals surface area (Å²) < 4.78 is 5.31. The third-order valence-electron chi connectivity index (χ3n) is 2.62. The van der Waals surface area contributed by atoms with Crippen LogP contribution in [0.3, 0.4) is 0 Å². The molecule has 2 N–H and O–H groups in total. The van der Waals surface area contributed by atoms with Crippen LogP contribution in [0.15, 0.2) is 54.6 Å². The molecule has 1 amide bonds. The number of rotatable bonds is 4. The van der Waals surface area contributed by atoms with Gasteiger partial charge in [-0.2, -0.15) is 5.26 Å². The van der Waals surface area contributed by atoms with Crippen molar-refractivity contribution in [3.8, 4) is 11.8 Å². The van der Waals surface area contributed by atoms with Gasteiger partial charge in [0.2, 0.25) is 0 Å². The predicted molar refractivity (Wildman–Crippen MR) is 87.5 cm³/mol. The Bertz CT molecular complexity index is 711. The van der Waals surface area contributed by atoms with Gasteiger partial charge in [-0.1, -0.05) is 24.3 Å². The predicted octanol–water partition coefficient (Wildman–Crippen LogP) is 2.45. The normalized spacial score (nSPS) is 9.41. The fraction of sp³-hybridized carbons (Fsp3) is 0.0625. The molecule has 0 radical (unpaired) electrons. The average molecular weight is 311 g/mol. The highest BCUT2D eigenvalue weighted by molar-refractivity contribution is 7.80. The van der Waals surface area contributed by atoms with E-state index in [1.165, 1.54) is 0 Å². The number of anilines is 1. The second-order valence-electron chi connectivity index (χ2n) is 4.30. The number of carbonyl (C=O) groups is 1. The summed E-state index contributed by atoms with van der Waals surface area (Å²) in [6, 6.07) is 17.9. The van der Waals surface area contributed by atoms with Crippen molar-refractivity contribution < 1.29 is 9.53 Å². The van der Waals surface area contributed by atoms with Crippen LogP contribution in [0, 0.1) is 11.3 Å². The standard InChI is InChI=1S/C16H13N3O2S/c17-10-12-5-4-6-13(9-12)18-16(22)19-15(20)11-21-14-7-2-1-3-8-14/h1-9H,11H2,(H2,18,19,20,22). The lowest BCUT2D eigenvalue weighted by Crippen LogP contribution is -2.37. The molecule has 5 nitrogen and oxygen atoms in total. The number of amides is 1.